The summed E-state index contributed by atoms with van der Waals surface area (Å²) in [5.41, 5.74) is 3.51. The normalized spacial score (nSPS) is 12.0. The van der Waals surface area contributed by atoms with Crippen molar-refractivity contribution < 1.29 is 4.74 Å². The molecule has 2 aromatic carbocycles. The fourth-order valence-electron chi connectivity index (χ4n) is 3.44. The highest BCUT2D eigenvalue weighted by Crippen LogP contribution is 2.25. The van der Waals surface area contributed by atoms with Crippen LogP contribution in [-0.2, 0) is 13.1 Å². The number of methoxy groups -OCH3 is 1. The molecule has 0 radical (unpaired) electrons. The largest absolute Gasteiger partial charge is 0.497 e. The molecule has 0 bridgehead atoms. The second-order valence-corrected chi connectivity index (χ2v) is 7.39. The minimum atomic E-state index is 0.328. The van der Waals surface area contributed by atoms with E-state index >= 15 is 0 Å². The van der Waals surface area contributed by atoms with Gasteiger partial charge in [-0.05, 0) is 56.2 Å². The van der Waals surface area contributed by atoms with Crippen molar-refractivity contribution >= 4 is 33.9 Å². The van der Waals surface area contributed by atoms with Crippen LogP contribution in [0.4, 0.5) is 5.69 Å². The van der Waals surface area contributed by atoms with E-state index in [9.17, 15) is 0 Å². The van der Waals surface area contributed by atoms with Gasteiger partial charge in [-0.2, -0.15) is 0 Å². The molecule has 3 aromatic rings. The molecule has 1 atom stereocenters. The van der Waals surface area contributed by atoms with E-state index in [0.717, 1.165) is 36.1 Å². The lowest BCUT2D eigenvalue weighted by Gasteiger charge is -2.31. The van der Waals surface area contributed by atoms with Gasteiger partial charge in [-0.25, -0.2) is 0 Å². The lowest BCUT2D eigenvalue weighted by atomic mass is 10.1. The number of hydrogen-bond acceptors (Lipinski definition) is 2. The van der Waals surface area contributed by atoms with Gasteiger partial charge in [0, 0.05) is 48.0 Å². The molecule has 0 saturated carbocycles. The molecule has 0 saturated heterocycles. The maximum Gasteiger partial charge on any atom is 0.173 e. The molecular weight excluding hydrogens is 366 g/mol. The standard InChI is InChI=1S/C23H29N3OS/c1-5-17(3)26(23(28)24-19-10-9-11-20(14-19)27-4)16-18-15-25(6-2)22-13-8-7-12-21(18)22/h7-15,17H,5-6,16H2,1-4H3,(H,24,28). The van der Waals surface area contributed by atoms with Gasteiger partial charge in [0.15, 0.2) is 5.11 Å². The zero-order chi connectivity index (χ0) is 20.1. The molecule has 1 heterocycles. The summed E-state index contributed by atoms with van der Waals surface area (Å²) in [7, 11) is 1.67. The number of anilines is 1. The van der Waals surface area contributed by atoms with Crippen LogP contribution in [-0.4, -0.2) is 27.7 Å². The van der Waals surface area contributed by atoms with Gasteiger partial charge in [-0.3, -0.25) is 0 Å². The van der Waals surface area contributed by atoms with Crippen LogP contribution in [0.15, 0.2) is 54.7 Å². The smallest absolute Gasteiger partial charge is 0.173 e. The van der Waals surface area contributed by atoms with E-state index in [2.05, 4.69) is 66.0 Å². The lowest BCUT2D eigenvalue weighted by molar-refractivity contribution is 0.320. The molecule has 0 spiro atoms. The van der Waals surface area contributed by atoms with Crippen molar-refractivity contribution in [1.29, 1.82) is 0 Å². The monoisotopic (exact) mass is 395 g/mol. The number of aryl methyl sites for hydroxylation is 1. The maximum atomic E-state index is 5.80. The van der Waals surface area contributed by atoms with Gasteiger partial charge >= 0.3 is 0 Å². The predicted octanol–water partition coefficient (Wildman–Crippen LogP) is 5.67. The highest BCUT2D eigenvalue weighted by Gasteiger charge is 2.19. The topological polar surface area (TPSA) is 29.4 Å². The Bertz CT molecular complexity index is 950. The predicted molar refractivity (Wildman–Crippen MR) is 122 cm³/mol. The second kappa shape index (κ2) is 9.11. The third kappa shape index (κ3) is 4.30. The van der Waals surface area contributed by atoms with Crippen LogP contribution in [0.1, 0.15) is 32.8 Å². The molecule has 1 aromatic heterocycles. The molecule has 28 heavy (non-hydrogen) atoms. The van der Waals surface area contributed by atoms with Crippen LogP contribution in [0.5, 0.6) is 5.75 Å². The summed E-state index contributed by atoms with van der Waals surface area (Å²) in [6.07, 6.45) is 3.28. The highest BCUT2D eigenvalue weighted by molar-refractivity contribution is 7.80. The van der Waals surface area contributed by atoms with E-state index in [1.165, 1.54) is 16.5 Å². The molecule has 148 valence electrons. The quantitative estimate of drug-likeness (QED) is 0.522. The Kier molecular flexibility index (Phi) is 6.57. The van der Waals surface area contributed by atoms with Crippen LogP contribution < -0.4 is 10.1 Å². The van der Waals surface area contributed by atoms with Gasteiger partial charge in [0.05, 0.1) is 7.11 Å². The number of thiocarbonyl (C=S) groups is 1. The summed E-state index contributed by atoms with van der Waals surface area (Å²) in [6.45, 7) is 8.33. The third-order valence-electron chi connectivity index (χ3n) is 5.26. The van der Waals surface area contributed by atoms with Gasteiger partial charge in [-0.1, -0.05) is 31.2 Å². The molecule has 0 fully saturated rings. The summed E-state index contributed by atoms with van der Waals surface area (Å²) in [5.74, 6) is 0.814. The molecule has 0 aliphatic rings. The Morgan fingerprint density at radius 3 is 2.68 bits per heavy atom. The van der Waals surface area contributed by atoms with Crippen LogP contribution in [0.25, 0.3) is 10.9 Å². The van der Waals surface area contributed by atoms with Crippen LogP contribution in [0.2, 0.25) is 0 Å². The van der Waals surface area contributed by atoms with E-state index in [1.807, 2.05) is 24.3 Å². The Morgan fingerprint density at radius 1 is 1.18 bits per heavy atom. The van der Waals surface area contributed by atoms with Crippen molar-refractivity contribution in [3.63, 3.8) is 0 Å². The Labute approximate surface area is 173 Å². The number of benzene rings is 2. The van der Waals surface area contributed by atoms with Gasteiger partial charge < -0.3 is 19.5 Å². The molecule has 4 nitrogen and oxygen atoms in total. The second-order valence-electron chi connectivity index (χ2n) is 7.00. The fourth-order valence-corrected chi connectivity index (χ4v) is 3.80. The molecule has 0 aliphatic heterocycles. The molecule has 0 aliphatic carbocycles. The zero-order valence-electron chi connectivity index (χ0n) is 17.1. The third-order valence-corrected chi connectivity index (χ3v) is 5.59. The molecular formula is C23H29N3OS. The SMILES string of the molecule is CCC(C)N(Cc1cn(CC)c2ccccc12)C(=S)Nc1cccc(OC)c1. The minimum Gasteiger partial charge on any atom is -0.497 e. The van der Waals surface area contributed by atoms with Crippen molar-refractivity contribution in [2.24, 2.45) is 0 Å². The molecule has 1 N–H and O–H groups in total. The number of ether oxygens (including phenoxy) is 1. The summed E-state index contributed by atoms with van der Waals surface area (Å²) in [4.78, 5) is 2.27. The first-order valence-electron chi connectivity index (χ1n) is 9.85. The molecule has 0 amide bonds. The molecule has 1 unspecified atom stereocenters. The average Bonchev–Trinajstić information content (AvgIpc) is 3.09. The van der Waals surface area contributed by atoms with E-state index in [1.54, 1.807) is 7.11 Å². The van der Waals surface area contributed by atoms with Crippen molar-refractivity contribution in [3.8, 4) is 5.75 Å². The van der Waals surface area contributed by atoms with Crippen molar-refractivity contribution in [2.45, 2.75) is 46.3 Å². The van der Waals surface area contributed by atoms with Crippen molar-refractivity contribution in [2.75, 3.05) is 12.4 Å². The first kappa shape index (κ1) is 20.2. The summed E-state index contributed by atoms with van der Waals surface area (Å²) < 4.78 is 7.63. The molecule has 3 rings (SSSR count). The number of para-hydroxylation sites is 1. The van der Waals surface area contributed by atoms with Gasteiger partial charge in [0.2, 0.25) is 0 Å². The van der Waals surface area contributed by atoms with Crippen LogP contribution >= 0.6 is 12.2 Å². The number of aromatic nitrogens is 1. The number of nitrogens with zero attached hydrogens (tertiary/aromatic N) is 2. The average molecular weight is 396 g/mol. The molecule has 5 heteroatoms. The zero-order valence-corrected chi connectivity index (χ0v) is 17.9. The summed E-state index contributed by atoms with van der Waals surface area (Å²) in [6, 6.07) is 16.8. The van der Waals surface area contributed by atoms with Crippen molar-refractivity contribution in [1.82, 2.24) is 9.47 Å². The van der Waals surface area contributed by atoms with E-state index in [0.29, 0.717) is 6.04 Å². The number of rotatable bonds is 7. The fraction of sp³-hybridized carbons (Fsp3) is 0.348. The first-order chi connectivity index (χ1) is 13.6. The Hall–Kier alpha value is -2.53. The lowest BCUT2D eigenvalue weighted by Crippen LogP contribution is -2.40. The first-order valence-corrected chi connectivity index (χ1v) is 10.3. The van der Waals surface area contributed by atoms with E-state index in [4.69, 9.17) is 17.0 Å². The number of fused-ring (bicyclic) bond motifs is 1. The number of hydrogen-bond donors (Lipinski definition) is 1. The van der Waals surface area contributed by atoms with Crippen molar-refractivity contribution in [3.05, 3.63) is 60.3 Å². The number of nitrogens with one attached hydrogen (secondary N) is 1. The van der Waals surface area contributed by atoms with Gasteiger partial charge in [-0.15, -0.1) is 0 Å². The summed E-state index contributed by atoms with van der Waals surface area (Å²) in [5, 5.41) is 5.42. The van der Waals surface area contributed by atoms with Gasteiger partial charge in [0.25, 0.3) is 0 Å². The van der Waals surface area contributed by atoms with E-state index < -0.39 is 0 Å². The maximum absolute atomic E-state index is 5.80. The van der Waals surface area contributed by atoms with Crippen LogP contribution in [0.3, 0.4) is 0 Å². The summed E-state index contributed by atoms with van der Waals surface area (Å²) >= 11 is 5.80. The van der Waals surface area contributed by atoms with Crippen LogP contribution in [0, 0.1) is 0 Å². The Balaban J connectivity index is 1.87. The Morgan fingerprint density at radius 2 is 1.96 bits per heavy atom. The minimum absolute atomic E-state index is 0.328. The highest BCUT2D eigenvalue weighted by atomic mass is 32.1. The van der Waals surface area contributed by atoms with Gasteiger partial charge in [0.1, 0.15) is 5.75 Å². The van der Waals surface area contributed by atoms with E-state index in [-0.39, 0.29) is 0 Å².